The molecule has 1 N–H and O–H groups in total. The molecule has 1 aromatic carbocycles. The van der Waals surface area contributed by atoms with E-state index in [1.165, 1.54) is 32.1 Å². The van der Waals surface area contributed by atoms with Gasteiger partial charge < -0.3 is 10.1 Å². The Hall–Kier alpha value is -1.02. The van der Waals surface area contributed by atoms with Gasteiger partial charge in [0.1, 0.15) is 12.4 Å². The van der Waals surface area contributed by atoms with Gasteiger partial charge in [-0.2, -0.15) is 0 Å². The van der Waals surface area contributed by atoms with E-state index in [0.717, 1.165) is 30.7 Å². The van der Waals surface area contributed by atoms with Gasteiger partial charge in [-0.15, -0.1) is 0 Å². The van der Waals surface area contributed by atoms with Crippen LogP contribution in [0.3, 0.4) is 0 Å². The molecule has 1 aliphatic rings. The summed E-state index contributed by atoms with van der Waals surface area (Å²) in [6.07, 6.45) is 6.66. The van der Waals surface area contributed by atoms with Crippen LogP contribution in [0.2, 0.25) is 0 Å². The first-order valence-electron chi connectivity index (χ1n) is 8.20. The van der Waals surface area contributed by atoms with Crippen molar-refractivity contribution in [1.82, 2.24) is 5.32 Å². The van der Waals surface area contributed by atoms with Crippen LogP contribution in [0.5, 0.6) is 5.75 Å². The van der Waals surface area contributed by atoms with Crippen LogP contribution < -0.4 is 10.1 Å². The fourth-order valence-corrected chi connectivity index (χ4v) is 3.24. The van der Waals surface area contributed by atoms with Gasteiger partial charge in [0, 0.05) is 6.04 Å². The third kappa shape index (κ3) is 4.82. The summed E-state index contributed by atoms with van der Waals surface area (Å²) in [6, 6.07) is 10.7. The number of hydrogen-bond acceptors (Lipinski definition) is 2. The Morgan fingerprint density at radius 1 is 1.25 bits per heavy atom. The van der Waals surface area contributed by atoms with E-state index < -0.39 is 0 Å². The van der Waals surface area contributed by atoms with Crippen molar-refractivity contribution < 1.29 is 4.74 Å². The van der Waals surface area contributed by atoms with Gasteiger partial charge in [-0.1, -0.05) is 44.9 Å². The average molecular weight is 275 g/mol. The smallest absolute Gasteiger partial charge is 0.119 e. The predicted molar refractivity (Wildman–Crippen MR) is 85.1 cm³/mol. The molecule has 0 radical (unpaired) electrons. The Balaban J connectivity index is 1.89. The largest absolute Gasteiger partial charge is 0.492 e. The zero-order valence-electron chi connectivity index (χ0n) is 13.0. The highest BCUT2D eigenvalue weighted by molar-refractivity contribution is 5.20. The molecule has 112 valence electrons. The minimum absolute atomic E-state index is 0.498. The zero-order chi connectivity index (χ0) is 14.2. The first-order valence-corrected chi connectivity index (χ1v) is 8.20. The number of benzene rings is 1. The number of hydrogen-bond donors (Lipinski definition) is 1. The second kappa shape index (κ2) is 8.31. The Morgan fingerprint density at radius 3 is 2.75 bits per heavy atom. The van der Waals surface area contributed by atoms with Gasteiger partial charge in [-0.05, 0) is 49.8 Å². The highest BCUT2D eigenvalue weighted by atomic mass is 16.5. The molecule has 0 aliphatic heterocycles. The lowest BCUT2D eigenvalue weighted by atomic mass is 9.78. The number of para-hydroxylation sites is 1. The first kappa shape index (κ1) is 15.4. The van der Waals surface area contributed by atoms with Crippen molar-refractivity contribution in [3.63, 3.8) is 0 Å². The molecule has 0 saturated heterocycles. The molecular formula is C18H29NO. The van der Waals surface area contributed by atoms with Crippen LogP contribution in [0.1, 0.15) is 46.0 Å². The molecule has 1 fully saturated rings. The van der Waals surface area contributed by atoms with Crippen LogP contribution >= 0.6 is 0 Å². The number of rotatable bonds is 7. The van der Waals surface area contributed by atoms with E-state index in [1.807, 2.05) is 30.3 Å². The molecule has 0 heterocycles. The fourth-order valence-electron chi connectivity index (χ4n) is 3.24. The first-order chi connectivity index (χ1) is 9.79. The van der Waals surface area contributed by atoms with Crippen molar-refractivity contribution in [1.29, 1.82) is 0 Å². The predicted octanol–water partition coefficient (Wildman–Crippen LogP) is 4.26. The topological polar surface area (TPSA) is 21.3 Å². The van der Waals surface area contributed by atoms with E-state index in [2.05, 4.69) is 19.2 Å². The fraction of sp³-hybridized carbons (Fsp3) is 0.667. The third-order valence-corrected chi connectivity index (χ3v) is 4.38. The van der Waals surface area contributed by atoms with Crippen molar-refractivity contribution in [2.24, 2.45) is 11.8 Å². The quantitative estimate of drug-likeness (QED) is 0.803. The van der Waals surface area contributed by atoms with Crippen LogP contribution in [-0.2, 0) is 0 Å². The average Bonchev–Trinajstić information content (AvgIpc) is 2.48. The summed E-state index contributed by atoms with van der Waals surface area (Å²) in [7, 11) is 0. The van der Waals surface area contributed by atoms with Crippen LogP contribution in [-0.4, -0.2) is 19.2 Å². The van der Waals surface area contributed by atoms with Crippen molar-refractivity contribution in [3.8, 4) is 5.75 Å². The Kier molecular flexibility index (Phi) is 6.38. The second-order valence-corrected chi connectivity index (χ2v) is 6.22. The summed E-state index contributed by atoms with van der Waals surface area (Å²) in [5, 5.41) is 3.70. The lowest BCUT2D eigenvalue weighted by Gasteiger charge is -2.33. The zero-order valence-corrected chi connectivity index (χ0v) is 13.0. The van der Waals surface area contributed by atoms with E-state index in [-0.39, 0.29) is 0 Å². The molecule has 0 bridgehead atoms. The van der Waals surface area contributed by atoms with Gasteiger partial charge in [0.2, 0.25) is 0 Å². The second-order valence-electron chi connectivity index (χ2n) is 6.22. The highest BCUT2D eigenvalue weighted by Gasteiger charge is 2.26. The lowest BCUT2D eigenvalue weighted by Crippen LogP contribution is -2.43. The van der Waals surface area contributed by atoms with Gasteiger partial charge in [-0.3, -0.25) is 0 Å². The SMILES string of the molecule is CCCNC(COc1ccccc1)C1CCCC(C)C1. The van der Waals surface area contributed by atoms with E-state index in [1.54, 1.807) is 0 Å². The van der Waals surface area contributed by atoms with E-state index >= 15 is 0 Å². The van der Waals surface area contributed by atoms with Gasteiger partial charge in [-0.25, -0.2) is 0 Å². The van der Waals surface area contributed by atoms with E-state index in [0.29, 0.717) is 6.04 Å². The monoisotopic (exact) mass is 275 g/mol. The Bertz CT molecular complexity index is 365. The molecule has 0 spiro atoms. The van der Waals surface area contributed by atoms with E-state index in [9.17, 15) is 0 Å². The molecule has 20 heavy (non-hydrogen) atoms. The van der Waals surface area contributed by atoms with Crippen LogP contribution in [0.4, 0.5) is 0 Å². The molecule has 2 nitrogen and oxygen atoms in total. The summed E-state index contributed by atoms with van der Waals surface area (Å²) in [4.78, 5) is 0. The minimum Gasteiger partial charge on any atom is -0.492 e. The van der Waals surface area contributed by atoms with Crippen molar-refractivity contribution in [2.45, 2.75) is 52.0 Å². The molecule has 1 saturated carbocycles. The van der Waals surface area contributed by atoms with Crippen LogP contribution in [0.15, 0.2) is 30.3 Å². The molecule has 2 rings (SSSR count). The van der Waals surface area contributed by atoms with Gasteiger partial charge in [0.15, 0.2) is 0 Å². The van der Waals surface area contributed by atoms with Crippen molar-refractivity contribution in [2.75, 3.05) is 13.2 Å². The van der Waals surface area contributed by atoms with Crippen molar-refractivity contribution in [3.05, 3.63) is 30.3 Å². The summed E-state index contributed by atoms with van der Waals surface area (Å²) in [5.74, 6) is 2.63. The van der Waals surface area contributed by atoms with Gasteiger partial charge >= 0.3 is 0 Å². The summed E-state index contributed by atoms with van der Waals surface area (Å²) in [5.41, 5.74) is 0. The Labute approximate surface area is 123 Å². The maximum atomic E-state index is 5.99. The number of ether oxygens (including phenoxy) is 1. The summed E-state index contributed by atoms with van der Waals surface area (Å²) < 4.78 is 5.99. The summed E-state index contributed by atoms with van der Waals surface area (Å²) >= 11 is 0. The maximum absolute atomic E-state index is 5.99. The standard InChI is InChI=1S/C18H29NO/c1-3-12-19-18(16-9-7-8-15(2)13-16)14-20-17-10-5-4-6-11-17/h4-6,10-11,15-16,18-19H,3,7-9,12-14H2,1-2H3. The summed E-state index contributed by atoms with van der Waals surface area (Å²) in [6.45, 7) is 6.50. The van der Waals surface area contributed by atoms with Crippen LogP contribution in [0, 0.1) is 11.8 Å². The van der Waals surface area contributed by atoms with Crippen LogP contribution in [0.25, 0.3) is 0 Å². The van der Waals surface area contributed by atoms with E-state index in [4.69, 9.17) is 4.74 Å². The molecule has 3 atom stereocenters. The molecule has 0 aromatic heterocycles. The number of nitrogens with one attached hydrogen (secondary N) is 1. The van der Waals surface area contributed by atoms with Gasteiger partial charge in [0.05, 0.1) is 0 Å². The highest BCUT2D eigenvalue weighted by Crippen LogP contribution is 2.31. The molecule has 1 aromatic rings. The third-order valence-electron chi connectivity index (χ3n) is 4.38. The molecule has 2 heteroatoms. The molecule has 0 amide bonds. The normalized spacial score (nSPS) is 24.3. The molecule has 1 aliphatic carbocycles. The molecule has 3 unspecified atom stereocenters. The lowest BCUT2D eigenvalue weighted by molar-refractivity contribution is 0.165. The van der Waals surface area contributed by atoms with Gasteiger partial charge in [0.25, 0.3) is 0 Å². The van der Waals surface area contributed by atoms with Crippen molar-refractivity contribution >= 4 is 0 Å². The molecular weight excluding hydrogens is 246 g/mol. The minimum atomic E-state index is 0.498. The Morgan fingerprint density at radius 2 is 2.05 bits per heavy atom. The maximum Gasteiger partial charge on any atom is 0.119 e.